The van der Waals surface area contributed by atoms with Crippen LogP contribution in [0.15, 0.2) is 0 Å². The van der Waals surface area contributed by atoms with Gasteiger partial charge in [0, 0.05) is 12.6 Å². The van der Waals surface area contributed by atoms with Crippen molar-refractivity contribution in [1.29, 1.82) is 0 Å². The van der Waals surface area contributed by atoms with Crippen LogP contribution in [0.5, 0.6) is 0 Å². The molecular formula is C15H28N2. The molecule has 0 aliphatic heterocycles. The van der Waals surface area contributed by atoms with Crippen LogP contribution < -0.4 is 5.73 Å². The van der Waals surface area contributed by atoms with E-state index in [1.54, 1.807) is 6.42 Å². The summed E-state index contributed by atoms with van der Waals surface area (Å²) in [6, 6.07) is 0.426. The van der Waals surface area contributed by atoms with E-state index in [1.807, 2.05) is 0 Å². The first kappa shape index (κ1) is 12.0. The molecule has 0 aromatic carbocycles. The van der Waals surface area contributed by atoms with Crippen LogP contribution in [-0.2, 0) is 0 Å². The molecule has 0 saturated heterocycles. The molecule has 0 aromatic rings. The second kappa shape index (κ2) is 4.55. The molecule has 0 spiro atoms. The molecule has 98 valence electrons. The van der Waals surface area contributed by atoms with Crippen LogP contribution in [-0.4, -0.2) is 31.1 Å². The molecular weight excluding hydrogens is 208 g/mol. The van der Waals surface area contributed by atoms with Crippen LogP contribution >= 0.6 is 0 Å². The molecule has 0 heterocycles. The predicted octanol–water partition coefficient (Wildman–Crippen LogP) is 2.34. The zero-order valence-corrected chi connectivity index (χ0v) is 11.4. The third kappa shape index (κ3) is 2.15. The lowest BCUT2D eigenvalue weighted by Crippen LogP contribution is -2.54. The molecule has 4 fully saturated rings. The van der Waals surface area contributed by atoms with Gasteiger partial charge >= 0.3 is 0 Å². The number of nitrogens with zero attached hydrogens (tertiary/aromatic N) is 1. The lowest BCUT2D eigenvalue weighted by molar-refractivity contribution is -0.0494. The molecule has 1 atom stereocenters. The Morgan fingerprint density at radius 2 is 1.59 bits per heavy atom. The van der Waals surface area contributed by atoms with Gasteiger partial charge in [-0.1, -0.05) is 6.92 Å². The molecule has 4 aliphatic carbocycles. The molecule has 1 unspecified atom stereocenters. The van der Waals surface area contributed by atoms with Gasteiger partial charge in [0.25, 0.3) is 0 Å². The Balaban J connectivity index is 1.67. The SMILES string of the molecule is CCN(C)CC(N)C1C2CC3CC(C2)CC1C3. The maximum absolute atomic E-state index is 6.53. The Morgan fingerprint density at radius 1 is 1.06 bits per heavy atom. The fourth-order valence-electron chi connectivity index (χ4n) is 5.28. The molecule has 2 N–H and O–H groups in total. The standard InChI is InChI=1S/C15H28N2/c1-3-17(2)9-14(16)15-12-5-10-4-11(7-12)8-13(15)6-10/h10-15H,3-9,16H2,1-2H3. The summed E-state index contributed by atoms with van der Waals surface area (Å²) in [5.74, 6) is 4.95. The summed E-state index contributed by atoms with van der Waals surface area (Å²) in [4.78, 5) is 2.38. The average molecular weight is 236 g/mol. The van der Waals surface area contributed by atoms with Gasteiger partial charge in [0.15, 0.2) is 0 Å². The van der Waals surface area contributed by atoms with E-state index in [-0.39, 0.29) is 0 Å². The molecule has 0 radical (unpaired) electrons. The molecule has 2 heteroatoms. The van der Waals surface area contributed by atoms with Gasteiger partial charge in [-0.2, -0.15) is 0 Å². The second-order valence-electron chi connectivity index (χ2n) is 7.03. The maximum atomic E-state index is 6.53. The van der Waals surface area contributed by atoms with Crippen molar-refractivity contribution in [2.24, 2.45) is 35.3 Å². The summed E-state index contributed by atoms with van der Waals surface area (Å²) in [7, 11) is 2.20. The Kier molecular flexibility index (Phi) is 3.20. The molecule has 4 rings (SSSR count). The first-order chi connectivity index (χ1) is 8.17. The Labute approximate surface area is 106 Å². The van der Waals surface area contributed by atoms with Gasteiger partial charge < -0.3 is 10.6 Å². The fraction of sp³-hybridized carbons (Fsp3) is 1.00. The van der Waals surface area contributed by atoms with Gasteiger partial charge in [-0.25, -0.2) is 0 Å². The van der Waals surface area contributed by atoms with Crippen molar-refractivity contribution >= 4 is 0 Å². The molecule has 2 nitrogen and oxygen atoms in total. The third-order valence-electron chi connectivity index (χ3n) is 5.86. The molecule has 0 aromatic heterocycles. The number of nitrogens with two attached hydrogens (primary N) is 1. The van der Waals surface area contributed by atoms with Gasteiger partial charge in [-0.3, -0.25) is 0 Å². The zero-order valence-electron chi connectivity index (χ0n) is 11.4. The minimum atomic E-state index is 0.426. The van der Waals surface area contributed by atoms with Crippen molar-refractivity contribution in [3.05, 3.63) is 0 Å². The van der Waals surface area contributed by atoms with Crippen molar-refractivity contribution in [1.82, 2.24) is 4.90 Å². The van der Waals surface area contributed by atoms with E-state index >= 15 is 0 Å². The van der Waals surface area contributed by atoms with E-state index in [9.17, 15) is 0 Å². The Bertz CT molecular complexity index is 248. The molecule has 17 heavy (non-hydrogen) atoms. The Morgan fingerprint density at radius 3 is 2.06 bits per heavy atom. The highest BCUT2D eigenvalue weighted by molar-refractivity contribution is 5.01. The van der Waals surface area contributed by atoms with E-state index in [4.69, 9.17) is 5.73 Å². The van der Waals surface area contributed by atoms with Gasteiger partial charge in [-0.15, -0.1) is 0 Å². The van der Waals surface area contributed by atoms with Crippen LogP contribution in [0.1, 0.15) is 39.0 Å². The monoisotopic (exact) mass is 236 g/mol. The predicted molar refractivity (Wildman–Crippen MR) is 71.7 cm³/mol. The molecule has 4 bridgehead atoms. The number of likely N-dealkylation sites (N-methyl/N-ethyl adjacent to an activating group) is 1. The van der Waals surface area contributed by atoms with E-state index in [1.165, 1.54) is 25.7 Å². The van der Waals surface area contributed by atoms with Gasteiger partial charge in [0.05, 0.1) is 0 Å². The molecule has 4 aliphatic rings. The van der Waals surface area contributed by atoms with E-state index in [0.717, 1.165) is 42.7 Å². The van der Waals surface area contributed by atoms with Crippen LogP contribution in [0, 0.1) is 29.6 Å². The smallest absolute Gasteiger partial charge is 0.0201 e. The van der Waals surface area contributed by atoms with E-state index in [0.29, 0.717) is 6.04 Å². The lowest BCUT2D eigenvalue weighted by atomic mass is 9.50. The summed E-state index contributed by atoms with van der Waals surface area (Å²) in [5.41, 5.74) is 6.53. The van der Waals surface area contributed by atoms with Crippen LogP contribution in [0.4, 0.5) is 0 Å². The normalized spacial score (nSPS) is 45.5. The maximum Gasteiger partial charge on any atom is 0.0201 e. The summed E-state index contributed by atoms with van der Waals surface area (Å²) >= 11 is 0. The third-order valence-corrected chi connectivity index (χ3v) is 5.86. The summed E-state index contributed by atoms with van der Waals surface area (Å²) < 4.78 is 0. The van der Waals surface area contributed by atoms with Crippen LogP contribution in [0.3, 0.4) is 0 Å². The minimum absolute atomic E-state index is 0.426. The highest BCUT2D eigenvalue weighted by Gasteiger charge is 2.49. The van der Waals surface area contributed by atoms with Gasteiger partial charge in [0.2, 0.25) is 0 Å². The summed E-state index contributed by atoms with van der Waals surface area (Å²) in [5, 5.41) is 0. The summed E-state index contributed by atoms with van der Waals surface area (Å²) in [6.45, 7) is 4.45. The largest absolute Gasteiger partial charge is 0.326 e. The zero-order chi connectivity index (χ0) is 12.0. The van der Waals surface area contributed by atoms with Crippen molar-refractivity contribution in [2.75, 3.05) is 20.1 Å². The van der Waals surface area contributed by atoms with Crippen LogP contribution in [0.2, 0.25) is 0 Å². The first-order valence-corrected chi connectivity index (χ1v) is 7.61. The average Bonchev–Trinajstić information content (AvgIpc) is 2.27. The Hall–Kier alpha value is -0.0800. The highest BCUT2D eigenvalue weighted by Crippen LogP contribution is 2.57. The van der Waals surface area contributed by atoms with Crippen LogP contribution in [0.25, 0.3) is 0 Å². The quantitative estimate of drug-likeness (QED) is 0.812. The fourth-order valence-corrected chi connectivity index (χ4v) is 5.28. The van der Waals surface area contributed by atoms with Crippen molar-refractivity contribution in [3.63, 3.8) is 0 Å². The number of rotatable bonds is 4. The van der Waals surface area contributed by atoms with E-state index in [2.05, 4.69) is 18.9 Å². The van der Waals surface area contributed by atoms with Gasteiger partial charge in [0.1, 0.15) is 0 Å². The lowest BCUT2D eigenvalue weighted by Gasteiger charge is -2.56. The van der Waals surface area contributed by atoms with Crippen molar-refractivity contribution < 1.29 is 0 Å². The highest BCUT2D eigenvalue weighted by atomic mass is 15.1. The minimum Gasteiger partial charge on any atom is -0.326 e. The van der Waals surface area contributed by atoms with Gasteiger partial charge in [-0.05, 0) is 75.3 Å². The van der Waals surface area contributed by atoms with Crippen molar-refractivity contribution in [2.45, 2.75) is 45.1 Å². The van der Waals surface area contributed by atoms with E-state index < -0.39 is 0 Å². The first-order valence-electron chi connectivity index (χ1n) is 7.61. The number of hydrogen-bond donors (Lipinski definition) is 1. The number of hydrogen-bond acceptors (Lipinski definition) is 2. The second-order valence-corrected chi connectivity index (χ2v) is 7.03. The summed E-state index contributed by atoms with van der Waals surface area (Å²) in [6.07, 6.45) is 7.55. The molecule has 4 saturated carbocycles. The topological polar surface area (TPSA) is 29.3 Å². The molecule has 0 amide bonds. The van der Waals surface area contributed by atoms with Crippen molar-refractivity contribution in [3.8, 4) is 0 Å².